The first kappa shape index (κ1) is 17.1. The molecule has 2 nitrogen and oxygen atoms in total. The van der Waals surface area contributed by atoms with E-state index in [1.165, 1.54) is 12.1 Å². The molecule has 20 heavy (non-hydrogen) atoms. The number of rotatable bonds is 8. The lowest BCUT2D eigenvalue weighted by Crippen LogP contribution is -2.56. The Morgan fingerprint density at radius 2 is 1.55 bits per heavy atom. The second kappa shape index (κ2) is 7.75. The van der Waals surface area contributed by atoms with Crippen LogP contribution in [0.3, 0.4) is 0 Å². The first-order valence-electron chi connectivity index (χ1n) is 7.71. The molecule has 0 saturated heterocycles. The summed E-state index contributed by atoms with van der Waals surface area (Å²) in [4.78, 5) is 2.35. The quantitative estimate of drug-likeness (QED) is 0.786. The summed E-state index contributed by atoms with van der Waals surface area (Å²) in [5.74, 6) is -0.232. The minimum atomic E-state index is -0.442. The second-order valence-electron chi connectivity index (χ2n) is 5.33. The van der Waals surface area contributed by atoms with Crippen molar-refractivity contribution >= 4 is 0 Å². The van der Waals surface area contributed by atoms with Gasteiger partial charge in [0.25, 0.3) is 0 Å². The highest BCUT2D eigenvalue weighted by molar-refractivity contribution is 5.18. The molecule has 114 valence electrons. The van der Waals surface area contributed by atoms with Gasteiger partial charge in [-0.05, 0) is 43.6 Å². The molecule has 1 rings (SSSR count). The highest BCUT2D eigenvalue weighted by atomic mass is 19.1. The minimum absolute atomic E-state index is 0.197. The number of halogens is 1. The van der Waals surface area contributed by atoms with Gasteiger partial charge in [0.05, 0.1) is 6.10 Å². The molecule has 1 aromatic rings. The Balaban J connectivity index is 2.93. The van der Waals surface area contributed by atoms with E-state index >= 15 is 0 Å². The molecular formula is C17H28FNO. The van der Waals surface area contributed by atoms with Gasteiger partial charge in [0.2, 0.25) is 0 Å². The topological polar surface area (TPSA) is 23.5 Å². The SMILES string of the molecule is CCN(CC)C(CC)(CC)C(O)Cc1ccc(F)cc1. The largest absolute Gasteiger partial charge is 0.391 e. The van der Waals surface area contributed by atoms with Crippen LogP contribution in [0.4, 0.5) is 4.39 Å². The van der Waals surface area contributed by atoms with Crippen LogP contribution in [0.5, 0.6) is 0 Å². The van der Waals surface area contributed by atoms with E-state index in [2.05, 4.69) is 32.6 Å². The third-order valence-corrected chi connectivity index (χ3v) is 4.58. The maximum absolute atomic E-state index is 13.0. The van der Waals surface area contributed by atoms with Gasteiger partial charge in [0, 0.05) is 12.0 Å². The summed E-state index contributed by atoms with van der Waals surface area (Å²) in [6, 6.07) is 6.44. The highest BCUT2D eigenvalue weighted by Gasteiger charge is 2.38. The molecule has 0 spiro atoms. The smallest absolute Gasteiger partial charge is 0.123 e. The molecule has 0 radical (unpaired) electrons. The van der Waals surface area contributed by atoms with Crippen molar-refractivity contribution in [1.82, 2.24) is 4.90 Å². The van der Waals surface area contributed by atoms with E-state index in [-0.39, 0.29) is 11.4 Å². The van der Waals surface area contributed by atoms with Gasteiger partial charge in [-0.2, -0.15) is 0 Å². The fourth-order valence-corrected chi connectivity index (χ4v) is 3.27. The predicted molar refractivity (Wildman–Crippen MR) is 82.3 cm³/mol. The van der Waals surface area contributed by atoms with Crippen LogP contribution in [0.2, 0.25) is 0 Å². The van der Waals surface area contributed by atoms with Crippen LogP contribution in [0.1, 0.15) is 46.1 Å². The van der Waals surface area contributed by atoms with Crippen LogP contribution in [-0.2, 0) is 6.42 Å². The average Bonchev–Trinajstić information content (AvgIpc) is 2.47. The Morgan fingerprint density at radius 1 is 1.05 bits per heavy atom. The second-order valence-corrected chi connectivity index (χ2v) is 5.33. The van der Waals surface area contributed by atoms with E-state index < -0.39 is 6.10 Å². The summed E-state index contributed by atoms with van der Waals surface area (Å²) in [6.45, 7) is 10.4. The van der Waals surface area contributed by atoms with Crippen molar-refractivity contribution < 1.29 is 9.50 Å². The van der Waals surface area contributed by atoms with E-state index in [4.69, 9.17) is 0 Å². The number of aliphatic hydroxyl groups is 1. The summed E-state index contributed by atoms with van der Waals surface area (Å²) < 4.78 is 13.0. The number of hydrogen-bond donors (Lipinski definition) is 1. The summed E-state index contributed by atoms with van der Waals surface area (Å²) >= 11 is 0. The molecule has 1 atom stereocenters. The van der Waals surface area contributed by atoms with Gasteiger partial charge >= 0.3 is 0 Å². The molecule has 0 fully saturated rings. The van der Waals surface area contributed by atoms with Gasteiger partial charge < -0.3 is 5.11 Å². The van der Waals surface area contributed by atoms with Gasteiger partial charge in [0.1, 0.15) is 5.82 Å². The van der Waals surface area contributed by atoms with Crippen LogP contribution < -0.4 is 0 Å². The first-order valence-corrected chi connectivity index (χ1v) is 7.71. The summed E-state index contributed by atoms with van der Waals surface area (Å²) in [6.07, 6.45) is 1.95. The molecule has 0 amide bonds. The van der Waals surface area contributed by atoms with Crippen molar-refractivity contribution in [3.05, 3.63) is 35.6 Å². The maximum Gasteiger partial charge on any atom is 0.123 e. The van der Waals surface area contributed by atoms with E-state index in [9.17, 15) is 9.50 Å². The summed E-state index contributed by atoms with van der Waals surface area (Å²) in [5, 5.41) is 10.8. The van der Waals surface area contributed by atoms with E-state index in [0.717, 1.165) is 31.5 Å². The van der Waals surface area contributed by atoms with Crippen LogP contribution in [0, 0.1) is 5.82 Å². The molecule has 1 unspecified atom stereocenters. The van der Waals surface area contributed by atoms with Gasteiger partial charge in [-0.15, -0.1) is 0 Å². The first-order chi connectivity index (χ1) is 9.53. The molecule has 1 N–H and O–H groups in total. The minimum Gasteiger partial charge on any atom is -0.391 e. The third kappa shape index (κ3) is 3.58. The van der Waals surface area contributed by atoms with Crippen LogP contribution in [0.15, 0.2) is 24.3 Å². The van der Waals surface area contributed by atoms with Crippen molar-refractivity contribution in [2.24, 2.45) is 0 Å². The molecule has 0 bridgehead atoms. The van der Waals surface area contributed by atoms with Crippen molar-refractivity contribution in [3.8, 4) is 0 Å². The number of nitrogens with zero attached hydrogens (tertiary/aromatic N) is 1. The fourth-order valence-electron chi connectivity index (χ4n) is 3.27. The van der Waals surface area contributed by atoms with Crippen LogP contribution >= 0.6 is 0 Å². The summed E-state index contributed by atoms with van der Waals surface area (Å²) in [5.41, 5.74) is 0.787. The van der Waals surface area contributed by atoms with Crippen LogP contribution in [-0.4, -0.2) is 34.7 Å². The number of aliphatic hydroxyl groups excluding tert-OH is 1. The Hall–Kier alpha value is -0.930. The fraction of sp³-hybridized carbons (Fsp3) is 0.647. The molecule has 1 aromatic carbocycles. The standard InChI is InChI=1S/C17H28FNO/c1-5-17(6-2,19(7-3)8-4)16(20)13-14-9-11-15(18)12-10-14/h9-12,16,20H,5-8,13H2,1-4H3. The van der Waals surface area contributed by atoms with Crippen molar-refractivity contribution in [3.63, 3.8) is 0 Å². The van der Waals surface area contributed by atoms with Gasteiger partial charge in [-0.1, -0.05) is 39.8 Å². The Labute approximate surface area is 122 Å². The molecule has 0 aliphatic heterocycles. The zero-order chi connectivity index (χ0) is 15.2. The molecule has 0 aliphatic rings. The Bertz CT molecular complexity index is 382. The Morgan fingerprint density at radius 3 is 1.95 bits per heavy atom. The average molecular weight is 281 g/mol. The number of benzene rings is 1. The normalized spacial score (nSPS) is 13.8. The lowest BCUT2D eigenvalue weighted by atomic mass is 9.81. The summed E-state index contributed by atoms with van der Waals surface area (Å²) in [7, 11) is 0. The lowest BCUT2D eigenvalue weighted by Gasteiger charge is -2.46. The monoisotopic (exact) mass is 281 g/mol. The molecule has 3 heteroatoms. The van der Waals surface area contributed by atoms with Crippen molar-refractivity contribution in [1.29, 1.82) is 0 Å². The van der Waals surface area contributed by atoms with Crippen molar-refractivity contribution in [2.75, 3.05) is 13.1 Å². The molecule has 0 aromatic heterocycles. The molecular weight excluding hydrogens is 253 g/mol. The third-order valence-electron chi connectivity index (χ3n) is 4.58. The van der Waals surface area contributed by atoms with E-state index in [1.807, 2.05) is 0 Å². The lowest BCUT2D eigenvalue weighted by molar-refractivity contribution is -0.0340. The maximum atomic E-state index is 13.0. The molecule has 0 saturated carbocycles. The van der Waals surface area contributed by atoms with Gasteiger partial charge in [0.15, 0.2) is 0 Å². The van der Waals surface area contributed by atoms with E-state index in [1.54, 1.807) is 12.1 Å². The molecule has 0 aliphatic carbocycles. The Kier molecular flexibility index (Phi) is 6.63. The molecule has 0 heterocycles. The van der Waals surface area contributed by atoms with Gasteiger partial charge in [-0.25, -0.2) is 4.39 Å². The number of hydrogen-bond acceptors (Lipinski definition) is 2. The van der Waals surface area contributed by atoms with E-state index in [0.29, 0.717) is 6.42 Å². The number of likely N-dealkylation sites (N-methyl/N-ethyl adjacent to an activating group) is 1. The zero-order valence-corrected chi connectivity index (χ0v) is 13.2. The van der Waals surface area contributed by atoms with Gasteiger partial charge in [-0.3, -0.25) is 4.90 Å². The van der Waals surface area contributed by atoms with Crippen molar-refractivity contribution in [2.45, 2.75) is 58.6 Å². The zero-order valence-electron chi connectivity index (χ0n) is 13.2. The van der Waals surface area contributed by atoms with Crippen LogP contribution in [0.25, 0.3) is 0 Å². The highest BCUT2D eigenvalue weighted by Crippen LogP contribution is 2.30. The predicted octanol–water partition coefficient (Wildman–Crippen LogP) is 3.63.